The fourth-order valence-electron chi connectivity index (χ4n) is 1.80. The smallest absolute Gasteiger partial charge is 0.255 e. The summed E-state index contributed by atoms with van der Waals surface area (Å²) in [5, 5.41) is 6.82. The lowest BCUT2D eigenvalue weighted by molar-refractivity contribution is 0.102. The zero-order chi connectivity index (χ0) is 14.5. The Morgan fingerprint density at radius 1 is 1.55 bits per heavy atom. The zero-order valence-electron chi connectivity index (χ0n) is 11.4. The van der Waals surface area contributed by atoms with E-state index in [1.165, 1.54) is 0 Å². The molecule has 0 atom stereocenters. The Labute approximate surface area is 117 Å². The van der Waals surface area contributed by atoms with E-state index in [1.807, 2.05) is 6.92 Å². The second kappa shape index (κ2) is 6.04. The number of hydrogen-bond acceptors (Lipinski definition) is 3. The highest BCUT2D eigenvalue weighted by Gasteiger charge is 2.09. The normalized spacial score (nSPS) is 10.1. The van der Waals surface area contributed by atoms with Gasteiger partial charge in [-0.25, -0.2) is 4.68 Å². The van der Waals surface area contributed by atoms with Gasteiger partial charge in [0.2, 0.25) is 0 Å². The van der Waals surface area contributed by atoms with Gasteiger partial charge in [-0.2, -0.15) is 5.10 Å². The molecule has 0 saturated heterocycles. The van der Waals surface area contributed by atoms with Crippen molar-refractivity contribution in [1.29, 1.82) is 0 Å². The second-order valence-electron chi connectivity index (χ2n) is 4.31. The van der Waals surface area contributed by atoms with Crippen molar-refractivity contribution in [1.82, 2.24) is 9.78 Å². The van der Waals surface area contributed by atoms with Crippen LogP contribution in [0, 0.1) is 19.3 Å². The van der Waals surface area contributed by atoms with Crippen molar-refractivity contribution in [2.75, 3.05) is 12.4 Å². The molecule has 5 nitrogen and oxygen atoms in total. The van der Waals surface area contributed by atoms with Gasteiger partial charge < -0.3 is 10.1 Å². The average molecular weight is 269 g/mol. The molecule has 0 spiro atoms. The molecule has 1 amide bonds. The number of benzene rings is 1. The first-order valence-electron chi connectivity index (χ1n) is 6.04. The van der Waals surface area contributed by atoms with Crippen molar-refractivity contribution >= 4 is 11.6 Å². The molecule has 1 N–H and O–H groups in total. The lowest BCUT2D eigenvalue weighted by Crippen LogP contribution is -2.11. The fourth-order valence-corrected chi connectivity index (χ4v) is 1.80. The van der Waals surface area contributed by atoms with Gasteiger partial charge in [0.1, 0.15) is 6.73 Å². The van der Waals surface area contributed by atoms with Gasteiger partial charge in [-0.05, 0) is 30.7 Å². The number of ether oxygens (including phenoxy) is 1. The highest BCUT2D eigenvalue weighted by molar-refractivity contribution is 6.04. The number of hydrogen-bond donors (Lipinski definition) is 1. The van der Waals surface area contributed by atoms with Crippen LogP contribution in [0.5, 0.6) is 0 Å². The number of nitrogens with zero attached hydrogens (tertiary/aromatic N) is 2. The Kier molecular flexibility index (Phi) is 4.18. The molecular weight excluding hydrogens is 254 g/mol. The van der Waals surface area contributed by atoms with Crippen LogP contribution in [0.15, 0.2) is 30.6 Å². The number of amides is 1. The summed E-state index contributed by atoms with van der Waals surface area (Å²) in [7, 11) is 1.58. The highest BCUT2D eigenvalue weighted by atomic mass is 16.5. The van der Waals surface area contributed by atoms with Crippen molar-refractivity contribution in [3.05, 3.63) is 47.3 Å². The van der Waals surface area contributed by atoms with E-state index in [0.717, 1.165) is 11.1 Å². The molecule has 0 radical (unpaired) electrons. The van der Waals surface area contributed by atoms with Crippen molar-refractivity contribution in [2.24, 2.45) is 0 Å². The lowest BCUT2D eigenvalue weighted by atomic mass is 10.1. The Morgan fingerprint density at radius 2 is 2.35 bits per heavy atom. The van der Waals surface area contributed by atoms with Gasteiger partial charge in [0.15, 0.2) is 0 Å². The number of aromatic nitrogens is 2. The van der Waals surface area contributed by atoms with Crippen LogP contribution < -0.4 is 5.32 Å². The van der Waals surface area contributed by atoms with E-state index in [2.05, 4.69) is 16.3 Å². The summed E-state index contributed by atoms with van der Waals surface area (Å²) in [6.45, 7) is 2.22. The van der Waals surface area contributed by atoms with Crippen LogP contribution in [0.2, 0.25) is 0 Å². The molecule has 1 heterocycles. The minimum Gasteiger partial charge on any atom is -0.362 e. The molecule has 2 aromatic rings. The standard InChI is InChI=1S/C15H15N3O2/c1-4-12-5-6-13(7-11(12)2)15(19)17-14-8-16-18(9-14)10-20-3/h1,5-9H,10H2,2-3H3,(H,17,19). The average Bonchev–Trinajstić information content (AvgIpc) is 2.86. The van der Waals surface area contributed by atoms with E-state index in [9.17, 15) is 4.79 Å². The van der Waals surface area contributed by atoms with E-state index in [-0.39, 0.29) is 5.91 Å². The monoisotopic (exact) mass is 269 g/mol. The van der Waals surface area contributed by atoms with Crippen LogP contribution in [0.3, 0.4) is 0 Å². The SMILES string of the molecule is C#Cc1ccc(C(=O)Nc2cnn(COC)c2)cc1C. The van der Waals surface area contributed by atoms with Crippen molar-refractivity contribution in [3.63, 3.8) is 0 Å². The van der Waals surface area contributed by atoms with Crippen LogP contribution >= 0.6 is 0 Å². The van der Waals surface area contributed by atoms with Gasteiger partial charge >= 0.3 is 0 Å². The summed E-state index contributed by atoms with van der Waals surface area (Å²) in [5.74, 6) is 2.37. The molecule has 0 fully saturated rings. The maximum Gasteiger partial charge on any atom is 0.255 e. The van der Waals surface area contributed by atoms with E-state index in [0.29, 0.717) is 18.0 Å². The van der Waals surface area contributed by atoms with Crippen LogP contribution in [0.1, 0.15) is 21.5 Å². The molecule has 0 unspecified atom stereocenters. The summed E-state index contributed by atoms with van der Waals surface area (Å²) in [6.07, 6.45) is 8.63. The van der Waals surface area contributed by atoms with Gasteiger partial charge in [0, 0.05) is 18.2 Å². The van der Waals surface area contributed by atoms with E-state index < -0.39 is 0 Å². The third-order valence-corrected chi connectivity index (χ3v) is 2.80. The second-order valence-corrected chi connectivity index (χ2v) is 4.31. The maximum absolute atomic E-state index is 12.1. The fraction of sp³-hybridized carbons (Fsp3) is 0.200. The largest absolute Gasteiger partial charge is 0.362 e. The number of rotatable bonds is 4. The van der Waals surface area contributed by atoms with Crippen molar-refractivity contribution in [3.8, 4) is 12.3 Å². The van der Waals surface area contributed by atoms with E-state index in [4.69, 9.17) is 11.2 Å². The van der Waals surface area contributed by atoms with Crippen LogP contribution in [-0.2, 0) is 11.5 Å². The Hall–Kier alpha value is -2.58. The topological polar surface area (TPSA) is 56.2 Å². The maximum atomic E-state index is 12.1. The number of methoxy groups -OCH3 is 1. The molecule has 0 bridgehead atoms. The molecule has 2 rings (SSSR count). The van der Waals surface area contributed by atoms with Gasteiger partial charge in [-0.15, -0.1) is 6.42 Å². The number of carbonyl (C=O) groups is 1. The number of aryl methyl sites for hydroxylation is 1. The summed E-state index contributed by atoms with van der Waals surface area (Å²) >= 11 is 0. The van der Waals surface area contributed by atoms with Gasteiger partial charge in [0.25, 0.3) is 5.91 Å². The molecule has 20 heavy (non-hydrogen) atoms. The quantitative estimate of drug-likeness (QED) is 0.864. The van der Waals surface area contributed by atoms with Crippen LogP contribution in [0.4, 0.5) is 5.69 Å². The van der Waals surface area contributed by atoms with Crippen LogP contribution in [-0.4, -0.2) is 22.8 Å². The molecular formula is C15H15N3O2. The molecule has 1 aromatic carbocycles. The Morgan fingerprint density at radius 3 is 3.00 bits per heavy atom. The van der Waals surface area contributed by atoms with Crippen LogP contribution in [0.25, 0.3) is 0 Å². The minimum atomic E-state index is -0.200. The number of anilines is 1. The van der Waals surface area contributed by atoms with Crippen molar-refractivity contribution in [2.45, 2.75) is 13.7 Å². The Bertz CT molecular complexity index is 668. The Balaban J connectivity index is 2.11. The molecule has 0 aliphatic carbocycles. The first-order valence-corrected chi connectivity index (χ1v) is 6.04. The number of carbonyl (C=O) groups excluding carboxylic acids is 1. The third kappa shape index (κ3) is 3.05. The van der Waals surface area contributed by atoms with Gasteiger partial charge in [-0.3, -0.25) is 4.79 Å². The minimum absolute atomic E-state index is 0.200. The molecule has 1 aromatic heterocycles. The lowest BCUT2D eigenvalue weighted by Gasteiger charge is -2.05. The zero-order valence-corrected chi connectivity index (χ0v) is 11.4. The summed E-state index contributed by atoms with van der Waals surface area (Å²) in [5.41, 5.74) is 2.86. The first kappa shape index (κ1) is 13.8. The first-order chi connectivity index (χ1) is 9.63. The van der Waals surface area contributed by atoms with E-state index in [1.54, 1.807) is 42.4 Å². The summed E-state index contributed by atoms with van der Waals surface area (Å²) in [6, 6.07) is 5.24. The summed E-state index contributed by atoms with van der Waals surface area (Å²) < 4.78 is 6.53. The molecule has 0 aliphatic rings. The van der Waals surface area contributed by atoms with E-state index >= 15 is 0 Å². The molecule has 0 saturated carbocycles. The summed E-state index contributed by atoms with van der Waals surface area (Å²) in [4.78, 5) is 12.1. The predicted octanol–water partition coefficient (Wildman–Crippen LogP) is 2.03. The molecule has 0 aliphatic heterocycles. The number of terminal acetylenes is 1. The number of nitrogens with one attached hydrogen (secondary N) is 1. The predicted molar refractivity (Wildman–Crippen MR) is 76.3 cm³/mol. The highest BCUT2D eigenvalue weighted by Crippen LogP contribution is 2.12. The van der Waals surface area contributed by atoms with Gasteiger partial charge in [0.05, 0.1) is 18.1 Å². The third-order valence-electron chi connectivity index (χ3n) is 2.80. The molecule has 102 valence electrons. The van der Waals surface area contributed by atoms with Crippen molar-refractivity contribution < 1.29 is 9.53 Å². The van der Waals surface area contributed by atoms with Gasteiger partial charge in [-0.1, -0.05) is 5.92 Å². The molecule has 5 heteroatoms.